The molecule has 0 bridgehead atoms. The summed E-state index contributed by atoms with van der Waals surface area (Å²) in [5.41, 5.74) is -0.643. The summed E-state index contributed by atoms with van der Waals surface area (Å²) in [5, 5.41) is 2.73. The summed E-state index contributed by atoms with van der Waals surface area (Å²) < 4.78 is 9.14. The molecular weight excluding hydrogens is 186 g/mol. The van der Waals surface area contributed by atoms with Crippen molar-refractivity contribution in [1.82, 2.24) is 5.32 Å². The molecule has 0 saturated carbocycles. The van der Waals surface area contributed by atoms with E-state index in [1.54, 1.807) is 20.8 Å². The van der Waals surface area contributed by atoms with Crippen LogP contribution in [0.25, 0.3) is 0 Å². The maximum Gasteiger partial charge on any atom is 0.516 e. The van der Waals surface area contributed by atoms with E-state index in [1.165, 1.54) is 0 Å². The van der Waals surface area contributed by atoms with Crippen molar-refractivity contribution in [2.45, 2.75) is 33.3 Å². The zero-order valence-electron chi connectivity index (χ0n) is 9.05. The van der Waals surface area contributed by atoms with Crippen LogP contribution in [0.5, 0.6) is 0 Å². The molecule has 1 N–H and O–H groups in total. The third-order valence-electron chi connectivity index (χ3n) is 1.11. The van der Waals surface area contributed by atoms with Gasteiger partial charge in [0.15, 0.2) is 0 Å². The highest BCUT2D eigenvalue weighted by Crippen LogP contribution is 2.07. The smallest absolute Gasteiger partial charge is 0.428 e. The highest BCUT2D eigenvalue weighted by Gasteiger charge is 2.19. The fourth-order valence-corrected chi connectivity index (χ4v) is 0.627. The number of esters is 1. The first-order valence-corrected chi connectivity index (χ1v) is 4.49. The molecule has 0 spiro atoms. The van der Waals surface area contributed by atoms with E-state index in [1.807, 2.05) is 6.92 Å². The standard InChI is InChI=1S/C9H17NO4/c1-5-10-6-7(11)13-8(12)14-9(2,3)4/h10H,5-6H2,1-4H3. The molecule has 0 aliphatic rings. The molecule has 82 valence electrons. The predicted octanol–water partition coefficient (Wildman–Crippen LogP) is 1.07. The molecular formula is C9H17NO4. The number of rotatable bonds is 3. The third kappa shape index (κ3) is 7.54. The SMILES string of the molecule is CCNCC(=O)OC(=O)OC(C)(C)C. The molecule has 0 amide bonds. The van der Waals surface area contributed by atoms with Gasteiger partial charge in [0.2, 0.25) is 0 Å². The second kappa shape index (κ2) is 5.59. The Morgan fingerprint density at radius 2 is 1.86 bits per heavy atom. The number of carbonyl (C=O) groups is 2. The van der Waals surface area contributed by atoms with Crippen LogP contribution < -0.4 is 5.32 Å². The lowest BCUT2D eigenvalue weighted by Crippen LogP contribution is -2.30. The Bertz CT molecular complexity index is 207. The van der Waals surface area contributed by atoms with Crippen molar-refractivity contribution >= 4 is 12.1 Å². The second-order valence-electron chi connectivity index (χ2n) is 3.72. The molecule has 0 aromatic heterocycles. The molecule has 0 unspecified atom stereocenters. The van der Waals surface area contributed by atoms with Crippen LogP contribution in [0.15, 0.2) is 0 Å². The number of likely N-dealkylation sites (N-methyl/N-ethyl adjacent to an activating group) is 1. The lowest BCUT2D eigenvalue weighted by molar-refractivity contribution is -0.140. The van der Waals surface area contributed by atoms with Crippen LogP contribution in [0, 0.1) is 0 Å². The van der Waals surface area contributed by atoms with Gasteiger partial charge in [-0.3, -0.25) is 4.79 Å². The number of ether oxygens (including phenoxy) is 2. The van der Waals surface area contributed by atoms with Crippen molar-refractivity contribution < 1.29 is 19.1 Å². The fourth-order valence-electron chi connectivity index (χ4n) is 0.627. The van der Waals surface area contributed by atoms with Gasteiger partial charge in [0, 0.05) is 0 Å². The number of hydrogen-bond acceptors (Lipinski definition) is 5. The maximum atomic E-state index is 10.9. The lowest BCUT2D eigenvalue weighted by atomic mass is 10.2. The highest BCUT2D eigenvalue weighted by atomic mass is 16.7. The summed E-state index contributed by atoms with van der Waals surface area (Å²) in [6, 6.07) is 0. The molecule has 0 fully saturated rings. The third-order valence-corrected chi connectivity index (χ3v) is 1.11. The zero-order chi connectivity index (χ0) is 11.2. The minimum absolute atomic E-state index is 0.00967. The molecule has 0 aliphatic carbocycles. The first kappa shape index (κ1) is 12.9. The average molecular weight is 203 g/mol. The Labute approximate surface area is 83.8 Å². The Kier molecular flexibility index (Phi) is 5.15. The van der Waals surface area contributed by atoms with Crippen molar-refractivity contribution in [3.8, 4) is 0 Å². The van der Waals surface area contributed by atoms with Crippen LogP contribution >= 0.6 is 0 Å². The second-order valence-corrected chi connectivity index (χ2v) is 3.72. The van der Waals surface area contributed by atoms with Crippen molar-refractivity contribution in [3.05, 3.63) is 0 Å². The van der Waals surface area contributed by atoms with Gasteiger partial charge in [0.1, 0.15) is 5.60 Å². The average Bonchev–Trinajstić information content (AvgIpc) is 1.96. The summed E-state index contributed by atoms with van der Waals surface area (Å²) in [6.45, 7) is 7.59. The van der Waals surface area contributed by atoms with E-state index >= 15 is 0 Å². The fraction of sp³-hybridized carbons (Fsp3) is 0.778. The van der Waals surface area contributed by atoms with E-state index in [9.17, 15) is 9.59 Å². The normalized spacial score (nSPS) is 10.9. The van der Waals surface area contributed by atoms with Gasteiger partial charge in [-0.1, -0.05) is 6.92 Å². The number of nitrogens with one attached hydrogen (secondary N) is 1. The predicted molar refractivity (Wildman–Crippen MR) is 50.9 cm³/mol. The van der Waals surface area contributed by atoms with Crippen LogP contribution in [0.1, 0.15) is 27.7 Å². The van der Waals surface area contributed by atoms with Crippen molar-refractivity contribution in [3.63, 3.8) is 0 Å². The molecule has 0 aromatic rings. The number of hydrogen-bond donors (Lipinski definition) is 1. The van der Waals surface area contributed by atoms with Gasteiger partial charge in [-0.05, 0) is 27.3 Å². The van der Waals surface area contributed by atoms with Crippen LogP contribution in [-0.2, 0) is 14.3 Å². The van der Waals surface area contributed by atoms with Gasteiger partial charge < -0.3 is 14.8 Å². The highest BCUT2D eigenvalue weighted by molar-refractivity contribution is 5.83. The van der Waals surface area contributed by atoms with Crippen molar-refractivity contribution in [2.75, 3.05) is 13.1 Å². The molecule has 0 heterocycles. The van der Waals surface area contributed by atoms with Gasteiger partial charge >= 0.3 is 12.1 Å². The van der Waals surface area contributed by atoms with Crippen LogP contribution in [0.3, 0.4) is 0 Å². The lowest BCUT2D eigenvalue weighted by Gasteiger charge is -2.18. The van der Waals surface area contributed by atoms with Gasteiger partial charge in [-0.25, -0.2) is 4.79 Å². The Morgan fingerprint density at radius 3 is 2.29 bits per heavy atom. The van der Waals surface area contributed by atoms with Crippen LogP contribution in [0.2, 0.25) is 0 Å². The van der Waals surface area contributed by atoms with Gasteiger partial charge in [0.25, 0.3) is 0 Å². The van der Waals surface area contributed by atoms with E-state index < -0.39 is 17.7 Å². The van der Waals surface area contributed by atoms with Gasteiger partial charge in [-0.15, -0.1) is 0 Å². The van der Waals surface area contributed by atoms with E-state index in [-0.39, 0.29) is 6.54 Å². The Morgan fingerprint density at radius 1 is 1.29 bits per heavy atom. The zero-order valence-corrected chi connectivity index (χ0v) is 9.05. The number of carbonyl (C=O) groups excluding carboxylic acids is 2. The van der Waals surface area contributed by atoms with Crippen LogP contribution in [0.4, 0.5) is 4.79 Å². The molecule has 0 rings (SSSR count). The maximum absolute atomic E-state index is 10.9. The molecule has 0 aliphatic heterocycles. The summed E-state index contributed by atoms with van der Waals surface area (Å²) in [7, 11) is 0. The summed E-state index contributed by atoms with van der Waals surface area (Å²) >= 11 is 0. The van der Waals surface area contributed by atoms with Crippen molar-refractivity contribution in [2.24, 2.45) is 0 Å². The molecule has 5 nitrogen and oxygen atoms in total. The first-order valence-electron chi connectivity index (χ1n) is 4.49. The minimum Gasteiger partial charge on any atom is -0.428 e. The Balaban J connectivity index is 3.78. The van der Waals surface area contributed by atoms with Crippen molar-refractivity contribution in [1.29, 1.82) is 0 Å². The topological polar surface area (TPSA) is 64.6 Å². The minimum atomic E-state index is -0.958. The van der Waals surface area contributed by atoms with Gasteiger partial charge in [-0.2, -0.15) is 0 Å². The molecule has 0 radical (unpaired) electrons. The van der Waals surface area contributed by atoms with E-state index in [4.69, 9.17) is 4.74 Å². The molecule has 5 heteroatoms. The monoisotopic (exact) mass is 203 g/mol. The first-order chi connectivity index (χ1) is 6.35. The largest absolute Gasteiger partial charge is 0.516 e. The Hall–Kier alpha value is -1.10. The molecule has 0 atom stereocenters. The van der Waals surface area contributed by atoms with E-state index in [0.717, 1.165) is 0 Å². The summed E-state index contributed by atoms with van der Waals surface area (Å²) in [5.74, 6) is -0.638. The quantitative estimate of drug-likeness (QED) is 0.549. The summed E-state index contributed by atoms with van der Waals surface area (Å²) in [4.78, 5) is 21.9. The van der Waals surface area contributed by atoms with E-state index in [2.05, 4.69) is 10.1 Å². The van der Waals surface area contributed by atoms with E-state index in [0.29, 0.717) is 6.54 Å². The molecule has 14 heavy (non-hydrogen) atoms. The molecule has 0 aromatic carbocycles. The summed E-state index contributed by atoms with van der Waals surface area (Å²) in [6.07, 6.45) is -0.958. The van der Waals surface area contributed by atoms with Gasteiger partial charge in [0.05, 0.1) is 6.54 Å². The van der Waals surface area contributed by atoms with Crippen LogP contribution in [-0.4, -0.2) is 30.8 Å². The molecule has 0 saturated heterocycles.